The number of H-pyrrole nitrogens is 1. The van der Waals surface area contributed by atoms with Gasteiger partial charge in [0, 0.05) is 37.5 Å². The number of nitrogens with one attached hydrogen (secondary N) is 1. The van der Waals surface area contributed by atoms with E-state index < -0.39 is 0 Å². The Labute approximate surface area is 149 Å². The van der Waals surface area contributed by atoms with Gasteiger partial charge >= 0.3 is 0 Å². The Kier molecular flexibility index (Phi) is 3.44. The summed E-state index contributed by atoms with van der Waals surface area (Å²) in [7, 11) is 0. The smallest absolute Gasteiger partial charge is 0.274 e. The first-order chi connectivity index (χ1) is 12.8. The number of carbonyl (C=O) groups is 1. The number of aromatic nitrogens is 5. The maximum atomic E-state index is 12.9. The lowest BCUT2D eigenvalue weighted by Gasteiger charge is -2.31. The lowest BCUT2D eigenvalue weighted by Crippen LogP contribution is -2.39. The quantitative estimate of drug-likeness (QED) is 0.605. The monoisotopic (exact) mass is 346 g/mol. The van der Waals surface area contributed by atoms with Crippen molar-refractivity contribution in [1.29, 1.82) is 0 Å². The maximum Gasteiger partial charge on any atom is 0.274 e. The van der Waals surface area contributed by atoms with Crippen LogP contribution in [0.2, 0.25) is 0 Å². The van der Waals surface area contributed by atoms with Gasteiger partial charge in [-0.15, -0.1) is 0 Å². The Balaban J connectivity index is 1.40. The molecule has 4 aromatic rings. The molecule has 0 radical (unpaired) electrons. The topological polar surface area (TPSA) is 79.2 Å². The van der Waals surface area contributed by atoms with Crippen molar-refractivity contribution in [1.82, 2.24) is 29.5 Å². The van der Waals surface area contributed by atoms with Crippen molar-refractivity contribution >= 4 is 22.6 Å². The number of carbonyl (C=O) groups excluding carboxylic acids is 1. The molecular weight excluding hydrogens is 328 g/mol. The maximum absolute atomic E-state index is 12.9. The summed E-state index contributed by atoms with van der Waals surface area (Å²) in [4.78, 5) is 27.1. The summed E-state index contributed by atoms with van der Waals surface area (Å²) in [6.07, 6.45) is 5.48. The fourth-order valence-electron chi connectivity index (χ4n) is 3.65. The number of hydrogen-bond donors (Lipinski definition) is 1. The fraction of sp³-hybridized carbons (Fsp3) is 0.263. The van der Waals surface area contributed by atoms with E-state index in [1.54, 1.807) is 29.0 Å². The van der Waals surface area contributed by atoms with Crippen LogP contribution in [0, 0.1) is 0 Å². The van der Waals surface area contributed by atoms with Gasteiger partial charge in [-0.3, -0.25) is 4.79 Å². The zero-order valence-corrected chi connectivity index (χ0v) is 14.2. The second-order valence-electron chi connectivity index (χ2n) is 6.68. The van der Waals surface area contributed by atoms with Gasteiger partial charge in [0.25, 0.3) is 5.91 Å². The van der Waals surface area contributed by atoms with E-state index in [2.05, 4.69) is 15.1 Å². The summed E-state index contributed by atoms with van der Waals surface area (Å²) >= 11 is 0. The SMILES string of the molecule is O=C(c1cc2ncccn2n1)N1CCCC(c2nc3ccccc3[nH]2)C1. The molecule has 7 heteroatoms. The molecule has 1 aliphatic heterocycles. The van der Waals surface area contributed by atoms with E-state index in [4.69, 9.17) is 4.98 Å². The Morgan fingerprint density at radius 3 is 3.04 bits per heavy atom. The van der Waals surface area contributed by atoms with Gasteiger partial charge in [-0.2, -0.15) is 5.10 Å². The van der Waals surface area contributed by atoms with Crippen molar-refractivity contribution in [2.45, 2.75) is 18.8 Å². The Morgan fingerprint density at radius 1 is 1.23 bits per heavy atom. The average Bonchev–Trinajstić information content (AvgIpc) is 3.31. The number of aromatic amines is 1. The molecule has 1 aromatic carbocycles. The number of imidazole rings is 1. The third-order valence-electron chi connectivity index (χ3n) is 4.96. The van der Waals surface area contributed by atoms with E-state index in [9.17, 15) is 4.79 Å². The molecule has 1 atom stereocenters. The second-order valence-corrected chi connectivity index (χ2v) is 6.68. The fourth-order valence-corrected chi connectivity index (χ4v) is 3.65. The molecule has 26 heavy (non-hydrogen) atoms. The van der Waals surface area contributed by atoms with Gasteiger partial charge < -0.3 is 9.88 Å². The van der Waals surface area contributed by atoms with Crippen molar-refractivity contribution < 1.29 is 4.79 Å². The number of nitrogens with zero attached hydrogens (tertiary/aromatic N) is 5. The van der Waals surface area contributed by atoms with Crippen molar-refractivity contribution in [3.05, 3.63) is 60.3 Å². The molecule has 0 aliphatic carbocycles. The number of para-hydroxylation sites is 2. The van der Waals surface area contributed by atoms with Crippen molar-refractivity contribution in [3.8, 4) is 0 Å². The summed E-state index contributed by atoms with van der Waals surface area (Å²) in [6, 6.07) is 11.6. The van der Waals surface area contributed by atoms with Crippen LogP contribution in [0.1, 0.15) is 35.1 Å². The highest BCUT2D eigenvalue weighted by molar-refractivity contribution is 5.93. The Bertz CT molecular complexity index is 1030. The van der Waals surface area contributed by atoms with E-state index >= 15 is 0 Å². The molecular formula is C19H18N6O. The summed E-state index contributed by atoms with van der Waals surface area (Å²) in [6.45, 7) is 1.40. The number of rotatable bonds is 2. The molecule has 130 valence electrons. The summed E-state index contributed by atoms with van der Waals surface area (Å²) in [5, 5.41) is 4.36. The van der Waals surface area contributed by atoms with Crippen LogP contribution >= 0.6 is 0 Å². The van der Waals surface area contributed by atoms with E-state index in [-0.39, 0.29) is 11.8 Å². The lowest BCUT2D eigenvalue weighted by atomic mass is 9.97. The lowest BCUT2D eigenvalue weighted by molar-refractivity contribution is 0.0698. The first kappa shape index (κ1) is 15.1. The first-order valence-electron chi connectivity index (χ1n) is 8.82. The minimum atomic E-state index is -0.0451. The molecule has 1 N–H and O–H groups in total. The third kappa shape index (κ3) is 2.52. The predicted molar refractivity (Wildman–Crippen MR) is 97.0 cm³/mol. The number of likely N-dealkylation sites (tertiary alicyclic amines) is 1. The average molecular weight is 346 g/mol. The Hall–Kier alpha value is -3.22. The molecule has 1 aliphatic rings. The third-order valence-corrected chi connectivity index (χ3v) is 4.96. The molecule has 5 rings (SSSR count). The number of fused-ring (bicyclic) bond motifs is 2. The molecule has 0 spiro atoms. The second kappa shape index (κ2) is 5.94. The molecule has 1 saturated heterocycles. The van der Waals surface area contributed by atoms with Gasteiger partial charge in [0.15, 0.2) is 11.3 Å². The number of benzene rings is 1. The van der Waals surface area contributed by atoms with Crippen molar-refractivity contribution in [2.24, 2.45) is 0 Å². The van der Waals surface area contributed by atoms with Gasteiger partial charge in [-0.05, 0) is 31.0 Å². The largest absolute Gasteiger partial charge is 0.342 e. The van der Waals surface area contributed by atoms with Crippen molar-refractivity contribution in [3.63, 3.8) is 0 Å². The molecule has 1 fully saturated rings. The van der Waals surface area contributed by atoms with E-state index in [0.717, 1.165) is 36.2 Å². The van der Waals surface area contributed by atoms with Gasteiger partial charge in [0.1, 0.15) is 5.82 Å². The van der Waals surface area contributed by atoms with E-state index in [1.165, 1.54) is 0 Å². The highest BCUT2D eigenvalue weighted by atomic mass is 16.2. The number of amides is 1. The minimum Gasteiger partial charge on any atom is -0.342 e. The Morgan fingerprint density at radius 2 is 2.15 bits per heavy atom. The predicted octanol–water partition coefficient (Wildman–Crippen LogP) is 2.63. The minimum absolute atomic E-state index is 0.0451. The van der Waals surface area contributed by atoms with E-state index in [1.807, 2.05) is 29.2 Å². The van der Waals surface area contributed by atoms with Gasteiger partial charge in [0.2, 0.25) is 0 Å². The van der Waals surface area contributed by atoms with Crippen LogP contribution in [-0.2, 0) is 0 Å². The van der Waals surface area contributed by atoms with Crippen LogP contribution in [0.25, 0.3) is 16.7 Å². The summed E-state index contributed by atoms with van der Waals surface area (Å²) in [5.74, 6) is 1.13. The summed E-state index contributed by atoms with van der Waals surface area (Å²) < 4.78 is 1.63. The zero-order valence-electron chi connectivity index (χ0n) is 14.2. The number of hydrogen-bond acceptors (Lipinski definition) is 4. The van der Waals surface area contributed by atoms with Gasteiger partial charge in [-0.25, -0.2) is 14.5 Å². The highest BCUT2D eigenvalue weighted by Crippen LogP contribution is 2.27. The molecule has 1 unspecified atom stereocenters. The molecule has 4 heterocycles. The first-order valence-corrected chi connectivity index (χ1v) is 8.82. The molecule has 0 bridgehead atoms. The van der Waals surface area contributed by atoms with Gasteiger partial charge in [-0.1, -0.05) is 12.1 Å². The normalized spacial score (nSPS) is 17.8. The molecule has 1 amide bonds. The van der Waals surface area contributed by atoms with Crippen LogP contribution in [0.5, 0.6) is 0 Å². The van der Waals surface area contributed by atoms with Crippen LogP contribution in [0.4, 0.5) is 0 Å². The van der Waals surface area contributed by atoms with Gasteiger partial charge in [0.05, 0.1) is 11.0 Å². The van der Waals surface area contributed by atoms with Crippen LogP contribution < -0.4 is 0 Å². The molecule has 7 nitrogen and oxygen atoms in total. The van der Waals surface area contributed by atoms with Crippen LogP contribution in [0.15, 0.2) is 48.8 Å². The highest BCUT2D eigenvalue weighted by Gasteiger charge is 2.28. The molecule has 3 aromatic heterocycles. The van der Waals surface area contributed by atoms with E-state index in [0.29, 0.717) is 17.9 Å². The number of piperidine rings is 1. The van der Waals surface area contributed by atoms with Crippen LogP contribution in [-0.4, -0.2) is 48.5 Å². The zero-order chi connectivity index (χ0) is 17.5. The van der Waals surface area contributed by atoms with Crippen LogP contribution in [0.3, 0.4) is 0 Å². The standard InChI is InChI=1S/C19H18N6O/c26-19(16-11-17-20-8-4-10-25(17)23-16)24-9-3-5-13(12-24)18-21-14-6-1-2-7-15(14)22-18/h1-2,4,6-8,10-11,13H,3,5,9,12H2,(H,21,22). The molecule has 0 saturated carbocycles. The van der Waals surface area contributed by atoms with Crippen molar-refractivity contribution in [2.75, 3.05) is 13.1 Å². The summed E-state index contributed by atoms with van der Waals surface area (Å²) in [5.41, 5.74) is 3.13.